The summed E-state index contributed by atoms with van der Waals surface area (Å²) in [5.74, 6) is -0.126. The number of carbonyl (C=O) groups is 1. The molecule has 19 heavy (non-hydrogen) atoms. The van der Waals surface area contributed by atoms with E-state index in [1.54, 1.807) is 11.9 Å². The summed E-state index contributed by atoms with van der Waals surface area (Å²) in [4.78, 5) is 13.6. The summed E-state index contributed by atoms with van der Waals surface area (Å²) < 4.78 is 5.68. The van der Waals surface area contributed by atoms with Crippen molar-refractivity contribution >= 4 is 27.5 Å². The van der Waals surface area contributed by atoms with Gasteiger partial charge < -0.3 is 15.2 Å². The van der Waals surface area contributed by atoms with E-state index in [0.29, 0.717) is 6.54 Å². The minimum atomic E-state index is -0.591. The average Bonchev–Trinajstić information content (AvgIpc) is 2.31. The van der Waals surface area contributed by atoms with E-state index in [-0.39, 0.29) is 19.1 Å². The van der Waals surface area contributed by atoms with Gasteiger partial charge in [-0.25, -0.2) is 0 Å². The topological polar surface area (TPSA) is 61.8 Å². The van der Waals surface area contributed by atoms with Gasteiger partial charge in [-0.15, -0.1) is 0 Å². The molecule has 1 atom stereocenters. The number of hydrogen-bond acceptors (Lipinski definition) is 4. The fraction of sp³-hybridized carbons (Fsp3) is 0.462. The normalized spacial score (nSPS) is 12.5. The Morgan fingerprint density at radius 1 is 1.53 bits per heavy atom. The molecule has 1 rings (SSSR count). The molecule has 5 nitrogen and oxygen atoms in total. The molecule has 0 fully saturated rings. The lowest BCUT2D eigenvalue weighted by atomic mass is 10.3. The van der Waals surface area contributed by atoms with Gasteiger partial charge in [-0.2, -0.15) is 0 Å². The maximum atomic E-state index is 11.8. The predicted octanol–water partition coefficient (Wildman–Crippen LogP) is 1.33. The highest BCUT2D eigenvalue weighted by Crippen LogP contribution is 2.20. The number of amides is 1. The van der Waals surface area contributed by atoms with Gasteiger partial charge >= 0.3 is 0 Å². The Hall–Kier alpha value is -0.950. The monoisotopic (exact) mass is 330 g/mol. The molecule has 0 aliphatic carbocycles. The molecule has 106 valence electrons. The van der Waals surface area contributed by atoms with E-state index < -0.39 is 6.10 Å². The fourth-order valence-corrected chi connectivity index (χ4v) is 2.05. The molecule has 0 aromatic heterocycles. The van der Waals surface area contributed by atoms with E-state index in [0.717, 1.165) is 10.2 Å². The van der Waals surface area contributed by atoms with Crippen LogP contribution in [0.25, 0.3) is 0 Å². The molecule has 1 unspecified atom stereocenters. The lowest BCUT2D eigenvalue weighted by Gasteiger charge is -2.19. The summed E-state index contributed by atoms with van der Waals surface area (Å²) in [7, 11) is 3.31. The Morgan fingerprint density at radius 3 is 2.84 bits per heavy atom. The van der Waals surface area contributed by atoms with Crippen molar-refractivity contribution in [2.24, 2.45) is 0 Å². The minimum Gasteiger partial charge on any atom is -0.389 e. The van der Waals surface area contributed by atoms with Crippen molar-refractivity contribution in [2.75, 3.05) is 39.2 Å². The van der Waals surface area contributed by atoms with Crippen LogP contribution in [0.4, 0.5) is 5.69 Å². The van der Waals surface area contributed by atoms with Crippen molar-refractivity contribution in [1.82, 2.24) is 4.90 Å². The smallest absolute Gasteiger partial charge is 0.238 e. The number of aliphatic hydroxyl groups is 1. The van der Waals surface area contributed by atoms with Gasteiger partial charge in [0, 0.05) is 18.1 Å². The zero-order chi connectivity index (χ0) is 14.3. The summed E-state index contributed by atoms with van der Waals surface area (Å²) in [5, 5.41) is 12.4. The minimum absolute atomic E-state index is 0.126. The largest absolute Gasteiger partial charge is 0.389 e. The number of methoxy groups -OCH3 is 1. The molecule has 0 aliphatic heterocycles. The van der Waals surface area contributed by atoms with Gasteiger partial charge in [0.2, 0.25) is 5.91 Å². The van der Waals surface area contributed by atoms with Gasteiger partial charge in [0.05, 0.1) is 24.9 Å². The van der Waals surface area contributed by atoms with E-state index >= 15 is 0 Å². The van der Waals surface area contributed by atoms with Gasteiger partial charge in [-0.1, -0.05) is 12.1 Å². The third-order valence-electron chi connectivity index (χ3n) is 2.44. The third kappa shape index (κ3) is 6.15. The number of rotatable bonds is 7. The van der Waals surface area contributed by atoms with Crippen LogP contribution in [0.1, 0.15) is 0 Å². The lowest BCUT2D eigenvalue weighted by molar-refractivity contribution is -0.117. The number of ether oxygens (including phenoxy) is 1. The number of para-hydroxylation sites is 1. The molecule has 0 heterocycles. The molecule has 1 aromatic carbocycles. The number of hydrogen-bond donors (Lipinski definition) is 2. The summed E-state index contributed by atoms with van der Waals surface area (Å²) in [6.45, 7) is 0.857. The molecular formula is C13H19BrN2O3. The SMILES string of the molecule is COCC(O)CN(C)CC(=O)Nc1ccccc1Br. The van der Waals surface area contributed by atoms with Crippen LogP contribution in [0.2, 0.25) is 0 Å². The number of nitrogens with zero attached hydrogens (tertiary/aromatic N) is 1. The van der Waals surface area contributed by atoms with Crippen LogP contribution in [0.3, 0.4) is 0 Å². The number of anilines is 1. The summed E-state index contributed by atoms with van der Waals surface area (Å²) in [5.41, 5.74) is 0.735. The molecule has 1 amide bonds. The quantitative estimate of drug-likeness (QED) is 0.791. The number of aliphatic hydroxyl groups excluding tert-OH is 1. The second kappa shape index (κ2) is 8.27. The Morgan fingerprint density at radius 2 is 2.21 bits per heavy atom. The first-order valence-corrected chi connectivity index (χ1v) is 6.72. The number of benzene rings is 1. The molecule has 0 saturated heterocycles. The van der Waals surface area contributed by atoms with Crippen LogP contribution in [0.15, 0.2) is 28.7 Å². The van der Waals surface area contributed by atoms with Crippen LogP contribution in [-0.4, -0.2) is 55.9 Å². The number of likely N-dealkylation sites (N-methyl/N-ethyl adjacent to an activating group) is 1. The lowest BCUT2D eigenvalue weighted by Crippen LogP contribution is -2.37. The highest BCUT2D eigenvalue weighted by atomic mass is 79.9. The second-order valence-electron chi connectivity index (χ2n) is 4.33. The van der Waals surface area contributed by atoms with E-state index in [4.69, 9.17) is 4.74 Å². The highest BCUT2D eigenvalue weighted by Gasteiger charge is 2.12. The van der Waals surface area contributed by atoms with Crippen molar-refractivity contribution in [1.29, 1.82) is 0 Å². The first-order valence-electron chi connectivity index (χ1n) is 5.93. The van der Waals surface area contributed by atoms with Crippen molar-refractivity contribution in [3.05, 3.63) is 28.7 Å². The number of halogens is 1. The number of carbonyl (C=O) groups excluding carboxylic acids is 1. The predicted molar refractivity (Wildman–Crippen MR) is 78.2 cm³/mol. The summed E-state index contributed by atoms with van der Waals surface area (Å²) in [6, 6.07) is 7.42. The molecular weight excluding hydrogens is 312 g/mol. The molecule has 0 saturated carbocycles. The zero-order valence-electron chi connectivity index (χ0n) is 11.1. The van der Waals surface area contributed by atoms with Crippen LogP contribution < -0.4 is 5.32 Å². The maximum absolute atomic E-state index is 11.8. The maximum Gasteiger partial charge on any atom is 0.238 e. The van der Waals surface area contributed by atoms with Gasteiger partial charge in [-0.05, 0) is 35.1 Å². The molecule has 2 N–H and O–H groups in total. The van der Waals surface area contributed by atoms with Crippen LogP contribution >= 0.6 is 15.9 Å². The second-order valence-corrected chi connectivity index (χ2v) is 5.19. The van der Waals surface area contributed by atoms with Crippen LogP contribution in [0, 0.1) is 0 Å². The molecule has 0 radical (unpaired) electrons. The Labute approximate surface area is 121 Å². The van der Waals surface area contributed by atoms with Crippen molar-refractivity contribution in [2.45, 2.75) is 6.10 Å². The Bertz CT molecular complexity index is 415. The summed E-state index contributed by atoms with van der Waals surface area (Å²) in [6.07, 6.45) is -0.591. The average molecular weight is 331 g/mol. The molecule has 0 aliphatic rings. The zero-order valence-corrected chi connectivity index (χ0v) is 12.7. The standard InChI is InChI=1S/C13H19BrN2O3/c1-16(7-10(17)9-19-2)8-13(18)15-12-6-4-3-5-11(12)14/h3-6,10,17H,7-9H2,1-2H3,(H,15,18). The Balaban J connectivity index is 2.41. The summed E-state index contributed by atoms with van der Waals surface area (Å²) >= 11 is 3.37. The van der Waals surface area contributed by atoms with Gasteiger partial charge in [-0.3, -0.25) is 9.69 Å². The van der Waals surface area contributed by atoms with E-state index in [1.807, 2.05) is 24.3 Å². The van der Waals surface area contributed by atoms with Crippen molar-refractivity contribution in [3.63, 3.8) is 0 Å². The van der Waals surface area contributed by atoms with E-state index in [9.17, 15) is 9.90 Å². The van der Waals surface area contributed by atoms with Gasteiger partial charge in [0.1, 0.15) is 0 Å². The van der Waals surface area contributed by atoms with Crippen molar-refractivity contribution in [3.8, 4) is 0 Å². The molecule has 6 heteroatoms. The first kappa shape index (κ1) is 16.1. The van der Waals surface area contributed by atoms with Crippen LogP contribution in [0.5, 0.6) is 0 Å². The van der Waals surface area contributed by atoms with Gasteiger partial charge in [0.15, 0.2) is 0 Å². The third-order valence-corrected chi connectivity index (χ3v) is 3.13. The molecule has 1 aromatic rings. The van der Waals surface area contributed by atoms with Gasteiger partial charge in [0.25, 0.3) is 0 Å². The Kier molecular flexibility index (Phi) is 7.01. The van der Waals surface area contributed by atoms with Crippen molar-refractivity contribution < 1.29 is 14.6 Å². The fourth-order valence-electron chi connectivity index (χ4n) is 1.67. The highest BCUT2D eigenvalue weighted by molar-refractivity contribution is 9.10. The first-order chi connectivity index (χ1) is 9.02. The van der Waals surface area contributed by atoms with E-state index in [1.165, 1.54) is 7.11 Å². The number of nitrogens with one attached hydrogen (secondary N) is 1. The van der Waals surface area contributed by atoms with E-state index in [2.05, 4.69) is 21.2 Å². The molecule has 0 spiro atoms. The van der Waals surface area contributed by atoms with Crippen LogP contribution in [-0.2, 0) is 9.53 Å². The molecule has 0 bridgehead atoms.